The average Bonchev–Trinajstić information content (AvgIpc) is 3.21. The van der Waals surface area contributed by atoms with Gasteiger partial charge in [-0.25, -0.2) is 4.39 Å². The molecule has 0 radical (unpaired) electrons. The molecule has 0 saturated carbocycles. The first-order chi connectivity index (χ1) is 14.3. The summed E-state index contributed by atoms with van der Waals surface area (Å²) in [5.41, 5.74) is 0.393. The lowest BCUT2D eigenvalue weighted by Crippen LogP contribution is -2.42. The Morgan fingerprint density at radius 1 is 1.07 bits per heavy atom. The van der Waals surface area contributed by atoms with Crippen molar-refractivity contribution in [3.05, 3.63) is 89.0 Å². The van der Waals surface area contributed by atoms with E-state index in [4.69, 9.17) is 4.74 Å². The van der Waals surface area contributed by atoms with Crippen molar-refractivity contribution in [1.29, 1.82) is 0 Å². The van der Waals surface area contributed by atoms with Gasteiger partial charge in [-0.3, -0.25) is 4.79 Å². The van der Waals surface area contributed by atoms with Gasteiger partial charge in [0.05, 0.1) is 18.7 Å². The summed E-state index contributed by atoms with van der Waals surface area (Å²) in [6, 6.07) is 12.2. The fourth-order valence-corrected chi connectivity index (χ4v) is 3.83. The fourth-order valence-electron chi connectivity index (χ4n) is 3.83. The first kappa shape index (κ1) is 20.0. The molecule has 2 aromatic carbocycles. The molecular weight excluding hydrogens is 400 g/mol. The Bertz CT molecular complexity index is 1070. The van der Waals surface area contributed by atoms with Crippen molar-refractivity contribution in [1.82, 2.24) is 9.47 Å². The van der Waals surface area contributed by atoms with Crippen molar-refractivity contribution < 1.29 is 27.1 Å². The van der Waals surface area contributed by atoms with Crippen LogP contribution in [0.4, 0.5) is 17.6 Å². The van der Waals surface area contributed by atoms with Crippen molar-refractivity contribution in [2.24, 2.45) is 0 Å². The lowest BCUT2D eigenvalue weighted by atomic mass is 9.98. The zero-order valence-electron chi connectivity index (χ0n) is 16.0. The van der Waals surface area contributed by atoms with E-state index in [0.717, 1.165) is 24.9 Å². The van der Waals surface area contributed by atoms with E-state index < -0.39 is 29.5 Å². The maximum Gasteiger partial charge on any atom is 0.419 e. The lowest BCUT2D eigenvalue weighted by Gasteiger charge is -2.37. The fraction of sp³-hybridized carbons (Fsp3) is 0.227. The van der Waals surface area contributed by atoms with Crippen LogP contribution in [-0.4, -0.2) is 29.0 Å². The Morgan fingerprint density at radius 2 is 1.80 bits per heavy atom. The summed E-state index contributed by atoms with van der Waals surface area (Å²) in [4.78, 5) is 14.8. The van der Waals surface area contributed by atoms with Crippen molar-refractivity contribution in [3.63, 3.8) is 0 Å². The van der Waals surface area contributed by atoms with Gasteiger partial charge in [0.25, 0.3) is 5.91 Å². The van der Waals surface area contributed by atoms with Crippen LogP contribution >= 0.6 is 0 Å². The van der Waals surface area contributed by atoms with Crippen LogP contribution in [0.3, 0.4) is 0 Å². The summed E-state index contributed by atoms with van der Waals surface area (Å²) in [5, 5.41) is 0. The van der Waals surface area contributed by atoms with Gasteiger partial charge in [-0.05, 0) is 48.0 Å². The minimum Gasteiger partial charge on any atom is -0.496 e. The zero-order valence-corrected chi connectivity index (χ0v) is 16.0. The number of benzene rings is 2. The number of carbonyl (C=O) groups is 1. The van der Waals surface area contributed by atoms with E-state index in [1.807, 2.05) is 22.9 Å². The molecule has 2 heterocycles. The minimum atomic E-state index is -4.66. The van der Waals surface area contributed by atoms with Crippen LogP contribution in [0.15, 0.2) is 60.8 Å². The molecule has 0 bridgehead atoms. The molecule has 1 unspecified atom stereocenters. The first-order valence-corrected chi connectivity index (χ1v) is 9.26. The van der Waals surface area contributed by atoms with Gasteiger partial charge >= 0.3 is 6.18 Å². The van der Waals surface area contributed by atoms with Gasteiger partial charge in [0.2, 0.25) is 0 Å². The van der Waals surface area contributed by atoms with Crippen molar-refractivity contribution >= 4 is 5.91 Å². The molecule has 4 rings (SSSR count). The highest BCUT2D eigenvalue weighted by atomic mass is 19.4. The molecule has 0 fully saturated rings. The van der Waals surface area contributed by atoms with Gasteiger partial charge in [0.15, 0.2) is 0 Å². The molecule has 30 heavy (non-hydrogen) atoms. The first-order valence-electron chi connectivity index (χ1n) is 9.26. The normalized spacial score (nSPS) is 16.3. The maximum absolute atomic E-state index is 13.4. The summed E-state index contributed by atoms with van der Waals surface area (Å²) >= 11 is 0. The minimum absolute atomic E-state index is 0.0877. The van der Waals surface area contributed by atoms with Gasteiger partial charge in [-0.1, -0.05) is 12.1 Å². The molecular formula is C22H18F4N2O2. The number of hydrogen-bond donors (Lipinski definition) is 0. The second-order valence-electron chi connectivity index (χ2n) is 6.99. The largest absolute Gasteiger partial charge is 0.496 e. The van der Waals surface area contributed by atoms with Crippen LogP contribution in [-0.2, 0) is 12.7 Å². The molecule has 1 aliphatic heterocycles. The number of amides is 1. The Hall–Kier alpha value is -3.29. The second-order valence-corrected chi connectivity index (χ2v) is 6.99. The number of methoxy groups -OCH3 is 1. The number of hydrogen-bond acceptors (Lipinski definition) is 2. The van der Waals surface area contributed by atoms with Crippen LogP contribution in [0.25, 0.3) is 0 Å². The lowest BCUT2D eigenvalue weighted by molar-refractivity contribution is -0.138. The van der Waals surface area contributed by atoms with Gasteiger partial charge in [0.1, 0.15) is 11.6 Å². The molecule has 0 saturated heterocycles. The zero-order chi connectivity index (χ0) is 21.5. The maximum atomic E-state index is 13.4. The van der Waals surface area contributed by atoms with Gasteiger partial charge in [0, 0.05) is 30.5 Å². The Kier molecular flexibility index (Phi) is 5.01. The number of halogens is 4. The topological polar surface area (TPSA) is 34.5 Å². The highest BCUT2D eigenvalue weighted by Crippen LogP contribution is 2.38. The molecule has 0 spiro atoms. The summed E-state index contributed by atoms with van der Waals surface area (Å²) in [6.45, 7) is 0.810. The van der Waals surface area contributed by atoms with E-state index in [0.29, 0.717) is 18.7 Å². The number of aromatic nitrogens is 1. The standard InChI is InChI=1S/C22H18F4N2O2/c1-30-19-9-6-15(13-17(19)22(24,25)26)21(29)28-12-11-27-10-2-3-18(27)20(28)14-4-7-16(23)8-5-14/h2-10,13,20H,11-12H2,1H3. The molecule has 1 atom stereocenters. The van der Waals surface area contributed by atoms with Crippen LogP contribution in [0.5, 0.6) is 5.75 Å². The molecule has 1 aromatic heterocycles. The number of ether oxygens (including phenoxy) is 1. The third-order valence-electron chi connectivity index (χ3n) is 5.24. The van der Waals surface area contributed by atoms with Gasteiger partial charge < -0.3 is 14.2 Å². The Balaban J connectivity index is 1.77. The molecule has 8 heteroatoms. The number of alkyl halides is 3. The van der Waals surface area contributed by atoms with Crippen molar-refractivity contribution in [3.8, 4) is 5.75 Å². The SMILES string of the molecule is COc1ccc(C(=O)N2CCn3cccc3C2c2ccc(F)cc2)cc1C(F)(F)F. The molecule has 4 nitrogen and oxygen atoms in total. The predicted octanol–water partition coefficient (Wildman–Crippen LogP) is 4.90. The van der Waals surface area contributed by atoms with E-state index >= 15 is 0 Å². The summed E-state index contributed by atoms with van der Waals surface area (Å²) in [5.74, 6) is -1.29. The van der Waals surface area contributed by atoms with E-state index in [1.54, 1.807) is 12.1 Å². The van der Waals surface area contributed by atoms with Crippen LogP contribution in [0.2, 0.25) is 0 Å². The van der Waals surface area contributed by atoms with Gasteiger partial charge in [-0.15, -0.1) is 0 Å². The quantitative estimate of drug-likeness (QED) is 0.567. The third kappa shape index (κ3) is 3.53. The van der Waals surface area contributed by atoms with E-state index in [1.165, 1.54) is 23.1 Å². The summed E-state index contributed by atoms with van der Waals surface area (Å²) in [7, 11) is 1.15. The van der Waals surface area contributed by atoms with Crippen LogP contribution in [0.1, 0.15) is 33.2 Å². The summed E-state index contributed by atoms with van der Waals surface area (Å²) in [6.07, 6.45) is -2.78. The van der Waals surface area contributed by atoms with Gasteiger partial charge in [-0.2, -0.15) is 13.2 Å². The molecule has 0 N–H and O–H groups in total. The van der Waals surface area contributed by atoms with E-state index in [-0.39, 0.29) is 11.3 Å². The smallest absolute Gasteiger partial charge is 0.419 e. The highest BCUT2D eigenvalue weighted by Gasteiger charge is 2.37. The number of carbonyl (C=O) groups excluding carboxylic acids is 1. The van der Waals surface area contributed by atoms with Crippen LogP contribution in [0, 0.1) is 5.82 Å². The monoisotopic (exact) mass is 418 g/mol. The number of rotatable bonds is 3. The third-order valence-corrected chi connectivity index (χ3v) is 5.24. The number of nitrogens with zero attached hydrogens (tertiary/aromatic N) is 2. The molecule has 3 aromatic rings. The van der Waals surface area contributed by atoms with E-state index in [2.05, 4.69) is 0 Å². The molecule has 156 valence electrons. The van der Waals surface area contributed by atoms with E-state index in [9.17, 15) is 22.4 Å². The second kappa shape index (κ2) is 7.51. The highest BCUT2D eigenvalue weighted by molar-refractivity contribution is 5.95. The molecule has 1 amide bonds. The van der Waals surface area contributed by atoms with Crippen molar-refractivity contribution in [2.45, 2.75) is 18.8 Å². The number of fused-ring (bicyclic) bond motifs is 1. The molecule has 0 aliphatic carbocycles. The Labute approximate surface area is 170 Å². The Morgan fingerprint density at radius 3 is 2.47 bits per heavy atom. The predicted molar refractivity (Wildman–Crippen MR) is 102 cm³/mol. The van der Waals surface area contributed by atoms with Crippen molar-refractivity contribution in [2.75, 3.05) is 13.7 Å². The molecule has 1 aliphatic rings. The average molecular weight is 418 g/mol. The summed E-state index contributed by atoms with van der Waals surface area (Å²) < 4.78 is 60.5. The van der Waals surface area contributed by atoms with Crippen LogP contribution < -0.4 is 4.74 Å².